The lowest BCUT2D eigenvalue weighted by Gasteiger charge is -2.40. The molecule has 7 heterocycles. The van der Waals surface area contributed by atoms with Crippen LogP contribution in [-0.4, -0.2) is 306 Å². The van der Waals surface area contributed by atoms with Crippen molar-refractivity contribution in [3.63, 3.8) is 0 Å². The van der Waals surface area contributed by atoms with Crippen LogP contribution in [0.2, 0.25) is 0 Å². The molecule has 0 aromatic heterocycles. The predicted octanol–water partition coefficient (Wildman–Crippen LogP) is 9.41. The maximum Gasteiger partial charge on any atom is 0.331 e. The molecule has 686 valence electrons. The van der Waals surface area contributed by atoms with Gasteiger partial charge in [-0.2, -0.15) is 0 Å². The number of methoxy groups -OCH3 is 8. The zero-order chi connectivity index (χ0) is 87.3. The molecule has 28 heteroatoms. The fourth-order valence-electron chi connectivity index (χ4n) is 18.5. The topological polar surface area (TPSA) is 362 Å². The Bertz CT molecular complexity index is 3080. The average Bonchev–Trinajstić information content (AvgIpc) is 0.892. The second kappa shape index (κ2) is 51.9. The molecule has 0 radical (unpaired) electrons. The van der Waals surface area contributed by atoms with Gasteiger partial charge in [0.25, 0.3) is 0 Å². The van der Waals surface area contributed by atoms with Crippen molar-refractivity contribution in [2.45, 2.75) is 382 Å². The lowest BCUT2D eigenvalue weighted by atomic mass is 9.78. The summed E-state index contributed by atoms with van der Waals surface area (Å²) in [4.78, 5) is 28.8. The summed E-state index contributed by atoms with van der Waals surface area (Å²) in [7, 11) is 12.5. The van der Waals surface area contributed by atoms with Crippen LogP contribution in [0.25, 0.3) is 0 Å². The molecule has 0 aromatic rings. The highest BCUT2D eigenvalue weighted by molar-refractivity contribution is 5.83. The summed E-state index contributed by atoms with van der Waals surface area (Å²) in [6, 6.07) is 0. The number of aliphatic hydroxyl groups is 8. The van der Waals surface area contributed by atoms with E-state index in [0.717, 1.165) is 25.7 Å². The van der Waals surface area contributed by atoms with Crippen molar-refractivity contribution < 1.29 is 136 Å². The standard InChI is InChI=1S/C91H154O28/c1-51-26-32-69(116-90-88(108-18)86(106-16)77(96)49-110-90)42-63-22-20-24-65(114-63)44-73(104-14)40-62(92)41-74(93)58(8)84(60(10)82(100)53(3)30-34-67-45-71(102-12)38-55(5)112-67)118-80(98)36-28-52(2)27-33-70(117-91-89(109-19)87(107-17)78(97)50-111-91)43-64-23-21-25-66(115-64)47-79(105-15)57(7)75(94)48-76(95)59(9)85(119-81(99)37-29-51)61(11)83(101)54(4)31-35-68-46-72(103-13)39-56(6)113-68/h20-23,26-29,36-37,53-79,82-97,100-101H,24-25,30-35,38-50H2,1-19H3/b36-28+,37-29-,51-26+,52-27-/t53-,54-,55-,56-,57?,58-,59-,60-,61-,62+,63-,64-,65-,66-,67-,68-,69-,70-,71+,72+,73+,74+,75-,76+,77-,78-,79-,82-,83-,84-,85-,86+,87+,88+,89+,90+,91+/m0/s1. The quantitative estimate of drug-likeness (QED) is 0.0329. The molecule has 7 aliphatic heterocycles. The minimum Gasteiger partial charge on any atom is -0.458 e. The minimum atomic E-state index is -1.23. The molecular weight excluding hydrogens is 1540 g/mol. The van der Waals surface area contributed by atoms with Gasteiger partial charge >= 0.3 is 11.9 Å². The zero-order valence-corrected chi connectivity index (χ0v) is 74.7. The van der Waals surface area contributed by atoms with E-state index in [2.05, 4.69) is 0 Å². The van der Waals surface area contributed by atoms with Gasteiger partial charge in [0, 0.05) is 124 Å². The second-order valence-corrected chi connectivity index (χ2v) is 35.4. The highest BCUT2D eigenvalue weighted by Gasteiger charge is 2.47. The lowest BCUT2D eigenvalue weighted by molar-refractivity contribution is -0.293. The SMILES string of the molecule is CO[C@@H]1C[C@@H](O)C[C@@H](O)[C@H](C)[C@@H]([C@@H](C)[C@@H](O)[C@@H](C)CC[C@H]2C[C@H](OC)C[C@H](C)O2)OC(=O)/C=C/C(C)=C\C[C@H](O[C@H]2OC[C@H](O)[C@@H](OC)[C@H]2OC)C[C@@H]2C=CC[C@@H](C[C@H](OC)C(C)[C@@H](O)C[C@@H](O)[C@H](C)[C@@H]([C@@H](C)[C@@H](O)[C@@H](C)CC[C@H]3C[C@H](OC)C[C@H](C)O3)OC(=O)/C=C\C(C)=C\C[C@H](O[C@H]3OC[C@H](O)[C@@H](OC)[C@H]3OC)C[C@@H]3C=CC[C@@H](C1)O3)O2. The van der Waals surface area contributed by atoms with E-state index in [1.165, 1.54) is 40.6 Å². The number of carbonyl (C=O) groups excluding carboxylic acids is 2. The highest BCUT2D eigenvalue weighted by atomic mass is 16.7. The summed E-state index contributed by atoms with van der Waals surface area (Å²) >= 11 is 0. The van der Waals surface area contributed by atoms with Gasteiger partial charge in [-0.1, -0.05) is 108 Å². The van der Waals surface area contributed by atoms with Crippen molar-refractivity contribution in [2.24, 2.45) is 41.4 Å². The smallest absolute Gasteiger partial charge is 0.331 e. The maximum atomic E-state index is 14.4. The Morgan fingerprint density at radius 3 is 1.21 bits per heavy atom. The van der Waals surface area contributed by atoms with Crippen LogP contribution in [0.4, 0.5) is 0 Å². The number of rotatable bonds is 24. The van der Waals surface area contributed by atoms with E-state index >= 15 is 0 Å². The van der Waals surface area contributed by atoms with E-state index in [-0.39, 0.29) is 99.9 Å². The third-order valence-corrected chi connectivity index (χ3v) is 26.2. The van der Waals surface area contributed by atoms with Gasteiger partial charge in [0.2, 0.25) is 0 Å². The number of aliphatic hydroxyl groups excluding tert-OH is 8. The Morgan fingerprint density at radius 1 is 0.412 bits per heavy atom. The maximum absolute atomic E-state index is 14.4. The van der Waals surface area contributed by atoms with Crippen molar-refractivity contribution in [1.82, 2.24) is 0 Å². The highest BCUT2D eigenvalue weighted by Crippen LogP contribution is 2.38. The molecule has 28 nitrogen and oxygen atoms in total. The Hall–Kier alpha value is -3.58. The molecule has 4 fully saturated rings. The monoisotopic (exact) mass is 1700 g/mol. The Labute approximate surface area is 709 Å². The molecule has 7 rings (SSSR count). The molecular formula is C91H154O28. The van der Waals surface area contributed by atoms with Gasteiger partial charge in [0.1, 0.15) is 48.8 Å². The molecule has 0 amide bonds. The van der Waals surface area contributed by atoms with Gasteiger partial charge in [-0.15, -0.1) is 0 Å². The first-order valence-corrected chi connectivity index (χ1v) is 44.0. The number of hydrogen-bond donors (Lipinski definition) is 8. The van der Waals surface area contributed by atoms with Crippen LogP contribution in [0.5, 0.6) is 0 Å². The fourth-order valence-corrected chi connectivity index (χ4v) is 18.5. The summed E-state index contributed by atoms with van der Waals surface area (Å²) in [5.41, 5.74) is 1.34. The average molecular weight is 1700 g/mol. The molecule has 0 aromatic carbocycles. The third kappa shape index (κ3) is 32.0. The summed E-state index contributed by atoms with van der Waals surface area (Å²) in [6.45, 7) is 20.5. The Kier molecular flexibility index (Phi) is 44.7. The number of hydrogen-bond acceptors (Lipinski definition) is 28. The number of carbonyl (C=O) groups is 2. The Balaban J connectivity index is 1.19. The first-order chi connectivity index (χ1) is 56.7. The molecule has 7 aliphatic rings. The van der Waals surface area contributed by atoms with Crippen LogP contribution in [0.1, 0.15) is 198 Å². The summed E-state index contributed by atoms with van der Waals surface area (Å²) in [5, 5.41) is 95.0. The molecule has 37 atom stereocenters. The number of allylic oxidation sites excluding steroid dienone is 4. The van der Waals surface area contributed by atoms with Crippen molar-refractivity contribution >= 4 is 11.9 Å². The van der Waals surface area contributed by atoms with Crippen molar-refractivity contribution in [3.8, 4) is 0 Å². The fraction of sp³-hybridized carbons (Fsp3) is 0.846. The van der Waals surface area contributed by atoms with Gasteiger partial charge in [0.15, 0.2) is 12.6 Å². The molecule has 0 saturated carbocycles. The van der Waals surface area contributed by atoms with E-state index in [1.807, 2.05) is 98.8 Å². The number of esters is 2. The largest absolute Gasteiger partial charge is 0.458 e. The number of cyclic esters (lactones) is 2. The first-order valence-electron chi connectivity index (χ1n) is 44.0. The van der Waals surface area contributed by atoms with Gasteiger partial charge in [-0.25, -0.2) is 9.59 Å². The molecule has 4 bridgehead atoms. The molecule has 0 aliphatic carbocycles. The molecule has 4 saturated heterocycles. The van der Waals surface area contributed by atoms with Gasteiger partial charge in [-0.05, 0) is 136 Å². The van der Waals surface area contributed by atoms with Crippen molar-refractivity contribution in [1.29, 1.82) is 0 Å². The van der Waals surface area contributed by atoms with E-state index in [9.17, 15) is 50.4 Å². The minimum absolute atomic E-state index is 0.0181. The van der Waals surface area contributed by atoms with Crippen LogP contribution in [0.3, 0.4) is 0 Å². The normalized spacial score (nSPS) is 41.9. The van der Waals surface area contributed by atoms with Crippen LogP contribution < -0.4 is 0 Å². The van der Waals surface area contributed by atoms with Crippen LogP contribution in [0.15, 0.2) is 71.9 Å². The van der Waals surface area contributed by atoms with Crippen LogP contribution >= 0.6 is 0 Å². The predicted molar refractivity (Wildman–Crippen MR) is 445 cm³/mol. The number of ether oxygens (including phenoxy) is 18. The third-order valence-electron chi connectivity index (χ3n) is 26.2. The summed E-state index contributed by atoms with van der Waals surface area (Å²) in [6.07, 6.45) is 6.46. The van der Waals surface area contributed by atoms with Crippen molar-refractivity contribution in [3.05, 3.63) is 71.9 Å². The number of fused-ring (bicyclic) bond motifs is 4. The van der Waals surface area contributed by atoms with Gasteiger partial charge < -0.3 is 126 Å². The lowest BCUT2D eigenvalue weighted by Crippen LogP contribution is -2.56. The van der Waals surface area contributed by atoms with Crippen LogP contribution in [-0.2, 0) is 94.9 Å². The van der Waals surface area contributed by atoms with E-state index in [1.54, 1.807) is 54.4 Å². The summed E-state index contributed by atoms with van der Waals surface area (Å²) in [5.74, 6) is -5.50. The molecule has 0 spiro atoms. The van der Waals surface area contributed by atoms with Crippen LogP contribution in [0, 0.1) is 41.4 Å². The Morgan fingerprint density at radius 2 is 0.807 bits per heavy atom. The van der Waals surface area contributed by atoms with Gasteiger partial charge in [-0.3, -0.25) is 0 Å². The van der Waals surface area contributed by atoms with E-state index in [4.69, 9.17) is 85.3 Å². The molecule has 8 N–H and O–H groups in total. The van der Waals surface area contributed by atoms with E-state index < -0.39 is 182 Å². The molecule has 119 heavy (non-hydrogen) atoms. The zero-order valence-electron chi connectivity index (χ0n) is 74.7. The summed E-state index contributed by atoms with van der Waals surface area (Å²) < 4.78 is 111. The van der Waals surface area contributed by atoms with E-state index in [0.29, 0.717) is 75.4 Å². The molecule has 1 unspecified atom stereocenters. The first kappa shape index (κ1) is 102. The second-order valence-electron chi connectivity index (χ2n) is 35.4. The van der Waals surface area contributed by atoms with Gasteiger partial charge in [0.05, 0.1) is 135 Å². The van der Waals surface area contributed by atoms with Crippen molar-refractivity contribution in [2.75, 3.05) is 70.1 Å².